The number of H-pyrrole nitrogens is 1. The molecule has 0 radical (unpaired) electrons. The molecule has 0 unspecified atom stereocenters. The van der Waals surface area contributed by atoms with Crippen LogP contribution in [0.2, 0.25) is 0 Å². The Kier molecular flexibility index (Phi) is 4.93. The van der Waals surface area contributed by atoms with E-state index < -0.39 is 67.0 Å². The lowest BCUT2D eigenvalue weighted by Crippen LogP contribution is -2.07. The first kappa shape index (κ1) is 20.8. The Bertz CT molecular complexity index is 1220. The molecule has 12 heteroatoms. The van der Waals surface area contributed by atoms with E-state index in [2.05, 4.69) is 4.98 Å². The van der Waals surface area contributed by atoms with Gasteiger partial charge >= 0.3 is 6.18 Å². The van der Waals surface area contributed by atoms with Crippen LogP contribution < -0.4 is 0 Å². The Morgan fingerprint density at radius 1 is 0.897 bits per heavy atom. The number of aromatic nitrogens is 2. The summed E-state index contributed by atoms with van der Waals surface area (Å²) in [6.07, 6.45) is -4.40. The van der Waals surface area contributed by atoms with Gasteiger partial charge in [-0.2, -0.15) is 13.2 Å². The lowest BCUT2D eigenvalue weighted by molar-refractivity contribution is -0.144. The molecule has 3 rings (SSSR count). The van der Waals surface area contributed by atoms with Gasteiger partial charge in [0.05, 0.1) is 11.4 Å². The number of benzene rings is 2. The van der Waals surface area contributed by atoms with Crippen molar-refractivity contribution in [3.05, 3.63) is 59.4 Å². The Balaban J connectivity index is 2.30. The average Bonchev–Trinajstić information content (AvgIpc) is 3.03. The molecule has 0 saturated heterocycles. The molecule has 29 heavy (non-hydrogen) atoms. The van der Waals surface area contributed by atoms with Crippen LogP contribution in [0.1, 0.15) is 5.82 Å². The third-order valence-corrected chi connectivity index (χ3v) is 4.97. The summed E-state index contributed by atoms with van der Waals surface area (Å²) in [5.41, 5.74) is -2.46. The standard InChI is InChI=1S/C17H9F7N2O2S/c1-29(27,28)13-6-10(19)8(5-12(13)21)15-14(25-16(26-15)17(22,23)24)7-2-3-9(18)11(20)4-7/h2-6H,1H3,(H,25,26). The van der Waals surface area contributed by atoms with Crippen LogP contribution >= 0.6 is 0 Å². The summed E-state index contributed by atoms with van der Waals surface area (Å²) >= 11 is 0. The summed E-state index contributed by atoms with van der Waals surface area (Å²) in [6.45, 7) is 0. The zero-order chi connectivity index (χ0) is 21.7. The highest BCUT2D eigenvalue weighted by atomic mass is 32.2. The minimum Gasteiger partial charge on any atom is -0.334 e. The molecule has 1 heterocycles. The van der Waals surface area contributed by atoms with E-state index in [4.69, 9.17) is 0 Å². The number of aromatic amines is 1. The maximum Gasteiger partial charge on any atom is 0.449 e. The van der Waals surface area contributed by atoms with Crippen LogP contribution in [0.4, 0.5) is 30.7 Å². The van der Waals surface area contributed by atoms with Crippen LogP contribution in [0, 0.1) is 23.3 Å². The lowest BCUT2D eigenvalue weighted by Gasteiger charge is -2.08. The number of sulfone groups is 1. The minimum atomic E-state index is -5.02. The molecule has 2 aromatic carbocycles. The van der Waals surface area contributed by atoms with Crippen molar-refractivity contribution in [3.63, 3.8) is 0 Å². The Labute approximate surface area is 158 Å². The number of halogens is 7. The SMILES string of the molecule is CS(=O)(=O)c1cc(F)c(-c2nc(C(F)(F)F)[nH]c2-c2ccc(F)c(F)c2)cc1F. The highest BCUT2D eigenvalue weighted by Crippen LogP contribution is 2.38. The van der Waals surface area contributed by atoms with Crippen molar-refractivity contribution in [2.75, 3.05) is 6.26 Å². The van der Waals surface area contributed by atoms with E-state index in [9.17, 15) is 39.2 Å². The smallest absolute Gasteiger partial charge is 0.334 e. The number of alkyl halides is 3. The van der Waals surface area contributed by atoms with E-state index in [1.165, 1.54) is 0 Å². The van der Waals surface area contributed by atoms with Gasteiger partial charge < -0.3 is 4.98 Å². The predicted octanol–water partition coefficient (Wildman–Crippen LogP) is 4.72. The van der Waals surface area contributed by atoms with E-state index in [-0.39, 0.29) is 5.56 Å². The van der Waals surface area contributed by atoms with E-state index in [0.29, 0.717) is 30.5 Å². The van der Waals surface area contributed by atoms with Gasteiger partial charge in [0.2, 0.25) is 5.82 Å². The van der Waals surface area contributed by atoms with Crippen LogP contribution in [0.5, 0.6) is 0 Å². The third kappa shape index (κ3) is 3.97. The molecule has 0 fully saturated rings. The van der Waals surface area contributed by atoms with Crippen LogP contribution in [-0.4, -0.2) is 24.6 Å². The first-order chi connectivity index (χ1) is 13.3. The van der Waals surface area contributed by atoms with Gasteiger partial charge in [-0.25, -0.2) is 31.0 Å². The molecule has 0 aliphatic carbocycles. The Hall–Kier alpha value is -2.89. The van der Waals surface area contributed by atoms with Crippen molar-refractivity contribution in [3.8, 4) is 22.5 Å². The number of nitrogens with zero attached hydrogens (tertiary/aromatic N) is 1. The van der Waals surface area contributed by atoms with Crippen LogP contribution in [-0.2, 0) is 16.0 Å². The molecule has 0 amide bonds. The van der Waals surface area contributed by atoms with Crippen LogP contribution in [0.3, 0.4) is 0 Å². The van der Waals surface area contributed by atoms with Gasteiger partial charge in [-0.15, -0.1) is 0 Å². The molecule has 1 aromatic heterocycles. The first-order valence-corrected chi connectivity index (χ1v) is 9.50. The Morgan fingerprint density at radius 2 is 1.55 bits per heavy atom. The van der Waals surface area contributed by atoms with Gasteiger partial charge in [0.1, 0.15) is 16.5 Å². The second-order valence-corrected chi connectivity index (χ2v) is 7.95. The largest absolute Gasteiger partial charge is 0.449 e. The summed E-state index contributed by atoms with van der Waals surface area (Å²) in [5, 5.41) is 0. The quantitative estimate of drug-likeness (QED) is 0.602. The van der Waals surface area contributed by atoms with Gasteiger partial charge in [0, 0.05) is 17.4 Å². The van der Waals surface area contributed by atoms with E-state index in [0.717, 1.165) is 6.07 Å². The molecular weight excluding hydrogens is 429 g/mol. The second kappa shape index (κ2) is 6.87. The maximum absolute atomic E-state index is 14.5. The molecule has 0 spiro atoms. The molecule has 154 valence electrons. The van der Waals surface area contributed by atoms with E-state index >= 15 is 0 Å². The van der Waals surface area contributed by atoms with Crippen molar-refractivity contribution >= 4 is 9.84 Å². The summed E-state index contributed by atoms with van der Waals surface area (Å²) in [4.78, 5) is 4.06. The number of rotatable bonds is 3. The minimum absolute atomic E-state index is 0.303. The van der Waals surface area contributed by atoms with E-state index in [1.54, 1.807) is 0 Å². The van der Waals surface area contributed by atoms with Crippen LogP contribution in [0.25, 0.3) is 22.5 Å². The van der Waals surface area contributed by atoms with E-state index in [1.807, 2.05) is 4.98 Å². The molecule has 0 aliphatic heterocycles. The van der Waals surface area contributed by atoms with Gasteiger partial charge in [-0.3, -0.25) is 0 Å². The third-order valence-electron chi connectivity index (χ3n) is 3.86. The topological polar surface area (TPSA) is 62.8 Å². The van der Waals surface area contributed by atoms with Gasteiger partial charge in [0.15, 0.2) is 21.5 Å². The van der Waals surface area contributed by atoms with Crippen molar-refractivity contribution in [2.24, 2.45) is 0 Å². The predicted molar refractivity (Wildman–Crippen MR) is 87.4 cm³/mol. The Morgan fingerprint density at radius 3 is 2.10 bits per heavy atom. The molecule has 0 bridgehead atoms. The second-order valence-electron chi connectivity index (χ2n) is 5.97. The summed E-state index contributed by atoms with van der Waals surface area (Å²) in [7, 11) is -4.16. The van der Waals surface area contributed by atoms with Gasteiger partial charge in [0.25, 0.3) is 0 Å². The van der Waals surface area contributed by atoms with Gasteiger partial charge in [-0.05, 0) is 30.3 Å². The highest BCUT2D eigenvalue weighted by Gasteiger charge is 2.37. The van der Waals surface area contributed by atoms with Crippen LogP contribution in [0.15, 0.2) is 35.2 Å². The highest BCUT2D eigenvalue weighted by molar-refractivity contribution is 7.90. The monoisotopic (exact) mass is 438 g/mol. The summed E-state index contributed by atoms with van der Waals surface area (Å²) in [5.74, 6) is -7.07. The summed E-state index contributed by atoms with van der Waals surface area (Å²) in [6, 6.07) is 2.76. The normalized spacial score (nSPS) is 12.4. The number of hydrogen-bond donors (Lipinski definition) is 1. The molecule has 1 N–H and O–H groups in total. The molecule has 3 aromatic rings. The lowest BCUT2D eigenvalue weighted by atomic mass is 10.0. The molecule has 4 nitrogen and oxygen atoms in total. The molecule has 0 saturated carbocycles. The van der Waals surface area contributed by atoms with Crippen molar-refractivity contribution in [1.29, 1.82) is 0 Å². The van der Waals surface area contributed by atoms with Crippen molar-refractivity contribution in [2.45, 2.75) is 11.1 Å². The number of hydrogen-bond acceptors (Lipinski definition) is 3. The molecular formula is C17H9F7N2O2S. The zero-order valence-corrected chi connectivity index (χ0v) is 15.0. The van der Waals surface area contributed by atoms with Gasteiger partial charge in [-0.1, -0.05) is 0 Å². The van der Waals surface area contributed by atoms with Crippen molar-refractivity contribution in [1.82, 2.24) is 9.97 Å². The maximum atomic E-state index is 14.5. The zero-order valence-electron chi connectivity index (χ0n) is 14.2. The summed E-state index contributed by atoms with van der Waals surface area (Å²) < 4.78 is 118. The average molecular weight is 438 g/mol. The fourth-order valence-electron chi connectivity index (χ4n) is 2.56. The number of imidazole rings is 1. The van der Waals surface area contributed by atoms with Crippen molar-refractivity contribution < 1.29 is 39.2 Å². The fraction of sp³-hybridized carbons (Fsp3) is 0.118. The molecule has 0 atom stereocenters. The first-order valence-electron chi connectivity index (χ1n) is 7.61. The fourth-order valence-corrected chi connectivity index (χ4v) is 3.29. The molecule has 0 aliphatic rings. The number of nitrogens with one attached hydrogen (secondary N) is 1.